The van der Waals surface area contributed by atoms with Crippen molar-refractivity contribution in [2.45, 2.75) is 113 Å². The molecule has 186 valence electrons. The van der Waals surface area contributed by atoms with Gasteiger partial charge in [0.05, 0.1) is 11.9 Å². The smallest absolute Gasteiger partial charge is 0.163 e. The summed E-state index contributed by atoms with van der Waals surface area (Å²) in [6.45, 7) is 19.1. The maximum atomic E-state index is 13.5. The first kappa shape index (κ1) is 23.9. The van der Waals surface area contributed by atoms with Gasteiger partial charge in [-0.05, 0) is 95.7 Å². The number of hydrogen-bond donors (Lipinski definition) is 2. The van der Waals surface area contributed by atoms with Crippen LogP contribution in [-0.4, -0.2) is 22.1 Å². The molecule has 4 fully saturated rings. The highest BCUT2D eigenvalue weighted by Gasteiger charge is 2.73. The van der Waals surface area contributed by atoms with Crippen LogP contribution in [0.1, 0.15) is 107 Å². The Morgan fingerprint density at radius 1 is 0.818 bits per heavy atom. The van der Waals surface area contributed by atoms with Crippen molar-refractivity contribution in [3.8, 4) is 0 Å². The molecule has 0 aromatic carbocycles. The lowest BCUT2D eigenvalue weighted by Gasteiger charge is -2.75. The van der Waals surface area contributed by atoms with Crippen LogP contribution in [0.4, 0.5) is 0 Å². The van der Waals surface area contributed by atoms with E-state index < -0.39 is 6.10 Å². The molecule has 5 rings (SSSR count). The highest BCUT2D eigenvalue weighted by Crippen LogP contribution is 2.78. The van der Waals surface area contributed by atoms with Crippen LogP contribution >= 0.6 is 0 Å². The number of fused-ring (bicyclic) bond motifs is 7. The number of rotatable bonds is 0. The summed E-state index contributed by atoms with van der Waals surface area (Å²) < 4.78 is 0. The quantitative estimate of drug-likeness (QED) is 0.409. The lowest BCUT2D eigenvalue weighted by Crippen LogP contribution is -2.71. The Morgan fingerprint density at radius 3 is 2.09 bits per heavy atom. The third kappa shape index (κ3) is 2.81. The van der Waals surface area contributed by atoms with Gasteiger partial charge in [-0.15, -0.1) is 0 Å². The van der Waals surface area contributed by atoms with Crippen molar-refractivity contribution in [2.24, 2.45) is 56.2 Å². The van der Waals surface area contributed by atoms with Crippen molar-refractivity contribution in [3.63, 3.8) is 0 Å². The van der Waals surface area contributed by atoms with Gasteiger partial charge in [-0.1, -0.05) is 55.4 Å². The molecule has 0 spiro atoms. The fourth-order valence-corrected chi connectivity index (χ4v) is 11.0. The van der Waals surface area contributed by atoms with Gasteiger partial charge >= 0.3 is 0 Å². The molecule has 0 aliphatic heterocycles. The van der Waals surface area contributed by atoms with Gasteiger partial charge in [0.2, 0.25) is 0 Å². The van der Waals surface area contributed by atoms with Crippen LogP contribution < -0.4 is 0 Å². The molecule has 5 aliphatic carbocycles. The van der Waals surface area contributed by atoms with Crippen LogP contribution in [0.5, 0.6) is 0 Å². The standard InChI is InChI=1S/C30H48O3/c1-18-19(31)15-20(32)23-27(5)12-14-29(7)22-17-25(2,3)9-10-26(22,4)11-13-30(29,8)24(27)21(33)16-28(18,23)6/h15,18,21-24,31,33H,9-14,16-17H2,1-8H3/t18-,21+,22+,23-,24+,26+,27-,28+,29-,30+/m0/s1. The Kier molecular flexibility index (Phi) is 4.84. The minimum atomic E-state index is -0.428. The third-order valence-electron chi connectivity index (χ3n) is 13.2. The van der Waals surface area contributed by atoms with Crippen LogP contribution in [-0.2, 0) is 4.79 Å². The average Bonchev–Trinajstić information content (AvgIpc) is 2.69. The summed E-state index contributed by atoms with van der Waals surface area (Å²) in [5.74, 6) is 0.880. The van der Waals surface area contributed by atoms with Crippen molar-refractivity contribution >= 4 is 5.78 Å². The molecule has 0 amide bonds. The maximum Gasteiger partial charge on any atom is 0.163 e. The summed E-state index contributed by atoms with van der Waals surface area (Å²) >= 11 is 0. The summed E-state index contributed by atoms with van der Waals surface area (Å²) in [5, 5.41) is 22.5. The van der Waals surface area contributed by atoms with E-state index >= 15 is 0 Å². The van der Waals surface area contributed by atoms with E-state index in [0.717, 1.165) is 19.3 Å². The van der Waals surface area contributed by atoms with E-state index in [0.29, 0.717) is 23.2 Å². The molecule has 5 aliphatic rings. The predicted molar refractivity (Wildman–Crippen MR) is 133 cm³/mol. The van der Waals surface area contributed by atoms with Crippen molar-refractivity contribution in [2.75, 3.05) is 0 Å². The molecule has 4 saturated carbocycles. The Labute approximate surface area is 201 Å². The molecular formula is C30H48O3. The molecule has 33 heavy (non-hydrogen) atoms. The van der Waals surface area contributed by atoms with Crippen LogP contribution in [0.25, 0.3) is 0 Å². The van der Waals surface area contributed by atoms with Gasteiger partial charge in [-0.2, -0.15) is 0 Å². The molecule has 0 aromatic rings. The van der Waals surface area contributed by atoms with Crippen molar-refractivity contribution in [3.05, 3.63) is 11.8 Å². The second kappa shape index (κ2) is 6.68. The van der Waals surface area contributed by atoms with Crippen molar-refractivity contribution < 1.29 is 15.0 Å². The highest BCUT2D eigenvalue weighted by molar-refractivity contribution is 5.94. The van der Waals surface area contributed by atoms with Crippen LogP contribution in [0.3, 0.4) is 0 Å². The molecule has 10 atom stereocenters. The first-order valence-corrected chi connectivity index (χ1v) is 13.7. The van der Waals surface area contributed by atoms with Crippen molar-refractivity contribution in [1.29, 1.82) is 0 Å². The molecular weight excluding hydrogens is 408 g/mol. The molecule has 3 heteroatoms. The van der Waals surface area contributed by atoms with Gasteiger partial charge in [0.1, 0.15) is 0 Å². The third-order valence-corrected chi connectivity index (χ3v) is 13.2. The Balaban J connectivity index is 1.62. The summed E-state index contributed by atoms with van der Waals surface area (Å²) in [5.41, 5.74) is 0.354. The van der Waals surface area contributed by atoms with Gasteiger partial charge in [-0.3, -0.25) is 4.79 Å². The normalized spacial score (nSPS) is 57.8. The summed E-state index contributed by atoms with van der Waals surface area (Å²) in [4.78, 5) is 13.5. The zero-order valence-electron chi connectivity index (χ0n) is 22.4. The van der Waals surface area contributed by atoms with Gasteiger partial charge in [0.25, 0.3) is 0 Å². The van der Waals surface area contributed by atoms with Gasteiger partial charge in [-0.25, -0.2) is 0 Å². The Hall–Kier alpha value is -0.830. The molecule has 2 N–H and O–H groups in total. The molecule has 3 nitrogen and oxygen atoms in total. The number of aliphatic hydroxyl groups excluding tert-OH is 2. The average molecular weight is 457 g/mol. The van der Waals surface area contributed by atoms with Gasteiger partial charge < -0.3 is 10.2 Å². The van der Waals surface area contributed by atoms with E-state index in [9.17, 15) is 15.0 Å². The zero-order chi connectivity index (χ0) is 24.4. The van der Waals surface area contributed by atoms with E-state index in [-0.39, 0.29) is 51.0 Å². The number of ketones is 1. The summed E-state index contributed by atoms with van der Waals surface area (Å²) in [7, 11) is 0. The molecule has 0 heterocycles. The van der Waals surface area contributed by atoms with Gasteiger partial charge in [0, 0.05) is 17.9 Å². The first-order valence-electron chi connectivity index (χ1n) is 13.7. The fourth-order valence-electron chi connectivity index (χ4n) is 11.0. The van der Waals surface area contributed by atoms with Crippen molar-refractivity contribution in [1.82, 2.24) is 0 Å². The lowest BCUT2D eigenvalue weighted by atomic mass is 9.30. The molecule has 0 aromatic heterocycles. The second-order valence-corrected chi connectivity index (χ2v) is 15.3. The summed E-state index contributed by atoms with van der Waals surface area (Å²) in [6, 6.07) is 0. The Bertz CT molecular complexity index is 904. The topological polar surface area (TPSA) is 57.5 Å². The predicted octanol–water partition coefficient (Wildman–Crippen LogP) is 7.09. The molecule has 0 saturated heterocycles. The number of aliphatic hydroxyl groups is 2. The summed E-state index contributed by atoms with van der Waals surface area (Å²) in [6.07, 6.45) is 10.2. The monoisotopic (exact) mass is 456 g/mol. The van der Waals surface area contributed by atoms with E-state index in [2.05, 4.69) is 48.5 Å². The van der Waals surface area contributed by atoms with E-state index in [1.165, 1.54) is 31.8 Å². The minimum absolute atomic E-state index is 0.0189. The van der Waals surface area contributed by atoms with E-state index in [1.807, 2.05) is 6.92 Å². The zero-order valence-corrected chi connectivity index (χ0v) is 22.4. The number of hydrogen-bond acceptors (Lipinski definition) is 3. The molecule has 0 bridgehead atoms. The van der Waals surface area contributed by atoms with Crippen LogP contribution in [0, 0.1) is 56.2 Å². The fraction of sp³-hybridized carbons (Fsp3) is 0.900. The molecule has 0 radical (unpaired) electrons. The lowest BCUT2D eigenvalue weighted by molar-refractivity contribution is -0.275. The SMILES string of the molecule is C[C@H]1C(O)=CC(=O)[C@H]2[C@]3(C)CC[C@@]4(C)[C@@H]5CC(C)(C)CC[C@]5(C)CC[C@]4(C)[C@@H]3[C@H](O)C[C@@]21C. The molecule has 0 unspecified atom stereocenters. The van der Waals surface area contributed by atoms with Crippen LogP contribution in [0.2, 0.25) is 0 Å². The van der Waals surface area contributed by atoms with Crippen LogP contribution in [0.15, 0.2) is 11.8 Å². The number of allylic oxidation sites excluding steroid dienone is 2. The van der Waals surface area contributed by atoms with E-state index in [1.54, 1.807) is 0 Å². The van der Waals surface area contributed by atoms with Gasteiger partial charge in [0.15, 0.2) is 5.78 Å². The first-order chi connectivity index (χ1) is 15.0. The minimum Gasteiger partial charge on any atom is -0.512 e. The van der Waals surface area contributed by atoms with E-state index in [4.69, 9.17) is 0 Å². The largest absolute Gasteiger partial charge is 0.512 e. The number of carbonyl (C=O) groups excluding carboxylic acids is 1. The number of carbonyl (C=O) groups is 1. The maximum absolute atomic E-state index is 13.5. The second-order valence-electron chi connectivity index (χ2n) is 15.3. The highest BCUT2D eigenvalue weighted by atomic mass is 16.3. The Morgan fingerprint density at radius 2 is 1.42 bits per heavy atom.